The van der Waals surface area contributed by atoms with Crippen molar-refractivity contribution in [2.75, 3.05) is 40.3 Å². The summed E-state index contributed by atoms with van der Waals surface area (Å²) in [6.45, 7) is 1.75. The first-order valence-corrected chi connectivity index (χ1v) is 7.72. The van der Waals surface area contributed by atoms with Crippen LogP contribution < -0.4 is 0 Å². The summed E-state index contributed by atoms with van der Waals surface area (Å²) in [6.07, 6.45) is 4.88. The minimum Gasteiger partial charge on any atom is -0.468 e. The van der Waals surface area contributed by atoms with E-state index in [9.17, 15) is 14.7 Å². The van der Waals surface area contributed by atoms with Crippen LogP contribution in [0.15, 0.2) is 0 Å². The first-order valence-electron chi connectivity index (χ1n) is 7.72. The molecule has 2 aliphatic rings. The van der Waals surface area contributed by atoms with E-state index in [0.717, 1.165) is 19.5 Å². The molecule has 0 radical (unpaired) electrons. The van der Waals surface area contributed by atoms with Crippen LogP contribution in [-0.2, 0) is 14.3 Å². The molecule has 1 saturated heterocycles. The van der Waals surface area contributed by atoms with Gasteiger partial charge in [-0.3, -0.25) is 14.5 Å². The lowest BCUT2D eigenvalue weighted by molar-refractivity contribution is -0.161. The molecule has 0 aromatic rings. The molecule has 0 aromatic heterocycles. The number of aliphatic hydroxyl groups is 1. The second kappa shape index (κ2) is 6.75. The average Bonchev–Trinajstić information content (AvgIpc) is 2.38. The quantitative estimate of drug-likeness (QED) is 0.712. The van der Waals surface area contributed by atoms with E-state index in [1.165, 1.54) is 26.4 Å². The number of hydrogen-bond donors (Lipinski definition) is 1. The Morgan fingerprint density at radius 2 is 2.19 bits per heavy atom. The van der Waals surface area contributed by atoms with Crippen molar-refractivity contribution in [3.05, 3.63) is 0 Å². The second-order valence-corrected chi connectivity index (χ2v) is 6.43. The van der Waals surface area contributed by atoms with E-state index in [-0.39, 0.29) is 25.0 Å². The van der Waals surface area contributed by atoms with Crippen molar-refractivity contribution in [1.29, 1.82) is 0 Å². The zero-order valence-electron chi connectivity index (χ0n) is 13.0. The highest BCUT2D eigenvalue weighted by Crippen LogP contribution is 2.30. The van der Waals surface area contributed by atoms with Crippen LogP contribution >= 0.6 is 0 Å². The molecule has 6 heteroatoms. The van der Waals surface area contributed by atoms with E-state index in [2.05, 4.69) is 4.74 Å². The number of hydrogen-bond acceptors (Lipinski definition) is 5. The number of rotatable bonds is 6. The van der Waals surface area contributed by atoms with E-state index in [0.29, 0.717) is 12.3 Å². The van der Waals surface area contributed by atoms with Crippen LogP contribution in [0.3, 0.4) is 0 Å². The topological polar surface area (TPSA) is 70.1 Å². The summed E-state index contributed by atoms with van der Waals surface area (Å²) in [7, 11) is 3.05. The monoisotopic (exact) mass is 298 g/mol. The summed E-state index contributed by atoms with van der Waals surface area (Å²) in [5.41, 5.74) is -1.37. The van der Waals surface area contributed by atoms with Gasteiger partial charge in [-0.2, -0.15) is 0 Å². The van der Waals surface area contributed by atoms with E-state index < -0.39 is 5.60 Å². The van der Waals surface area contributed by atoms with Crippen LogP contribution in [0.25, 0.3) is 0 Å². The van der Waals surface area contributed by atoms with Crippen LogP contribution in [-0.4, -0.2) is 72.7 Å². The Labute approximate surface area is 126 Å². The summed E-state index contributed by atoms with van der Waals surface area (Å²) >= 11 is 0. The van der Waals surface area contributed by atoms with Gasteiger partial charge in [-0.1, -0.05) is 6.42 Å². The predicted molar refractivity (Wildman–Crippen MR) is 77.6 cm³/mol. The van der Waals surface area contributed by atoms with Gasteiger partial charge in [0.05, 0.1) is 13.7 Å². The number of nitrogens with zero attached hydrogens (tertiary/aromatic N) is 2. The van der Waals surface area contributed by atoms with Crippen molar-refractivity contribution in [3.63, 3.8) is 0 Å². The first kappa shape index (κ1) is 16.2. The van der Waals surface area contributed by atoms with E-state index >= 15 is 0 Å². The number of esters is 1. The molecule has 21 heavy (non-hydrogen) atoms. The fraction of sp³-hybridized carbons (Fsp3) is 0.867. The number of carbonyl (C=O) groups excluding carboxylic acids is 2. The minimum atomic E-state index is -1.37. The van der Waals surface area contributed by atoms with Gasteiger partial charge in [0, 0.05) is 19.6 Å². The molecular formula is C15H26N2O4. The number of methoxy groups -OCH3 is 1. The highest BCUT2D eigenvalue weighted by atomic mass is 16.5. The van der Waals surface area contributed by atoms with Crippen LogP contribution in [0.2, 0.25) is 0 Å². The average molecular weight is 298 g/mol. The van der Waals surface area contributed by atoms with Crippen molar-refractivity contribution in [2.45, 2.75) is 37.7 Å². The van der Waals surface area contributed by atoms with Gasteiger partial charge in [-0.25, -0.2) is 0 Å². The molecule has 0 spiro atoms. The molecule has 0 bridgehead atoms. The van der Waals surface area contributed by atoms with Gasteiger partial charge in [0.15, 0.2) is 5.60 Å². The maximum absolute atomic E-state index is 12.5. The van der Waals surface area contributed by atoms with Crippen LogP contribution in [0.4, 0.5) is 0 Å². The largest absolute Gasteiger partial charge is 0.468 e. The van der Waals surface area contributed by atoms with Gasteiger partial charge in [0.1, 0.15) is 0 Å². The van der Waals surface area contributed by atoms with Gasteiger partial charge in [0.2, 0.25) is 0 Å². The zero-order valence-corrected chi connectivity index (χ0v) is 13.0. The number of ether oxygens (including phenoxy) is 1. The molecule has 1 N–H and O–H groups in total. The molecule has 1 aliphatic heterocycles. The third-order valence-electron chi connectivity index (χ3n) is 4.57. The molecule has 0 unspecified atom stereocenters. The van der Waals surface area contributed by atoms with E-state index in [1.54, 1.807) is 16.8 Å². The Hall–Kier alpha value is -1.14. The Morgan fingerprint density at radius 1 is 1.48 bits per heavy atom. The number of likely N-dealkylation sites (tertiary alicyclic amines) is 1. The summed E-state index contributed by atoms with van der Waals surface area (Å²) < 4.78 is 4.61. The molecule has 1 saturated carbocycles. The highest BCUT2D eigenvalue weighted by molar-refractivity contribution is 5.86. The van der Waals surface area contributed by atoms with Crippen LogP contribution in [0, 0.1) is 5.92 Å². The number of amides is 1. The molecule has 1 heterocycles. The summed E-state index contributed by atoms with van der Waals surface area (Å²) in [5.74, 6) is 0.0529. The van der Waals surface area contributed by atoms with Crippen LogP contribution in [0.5, 0.6) is 0 Å². The summed E-state index contributed by atoms with van der Waals surface area (Å²) in [4.78, 5) is 27.3. The lowest BCUT2D eigenvalue weighted by Gasteiger charge is -2.42. The standard InChI is InChI=1S/C15H26N2O4/c1-16(10-13(18)21-2)11-15(20)7-4-8-17(14(15)19)9-12-5-3-6-12/h12,20H,3-11H2,1-2H3/t15-/m0/s1. The van der Waals surface area contributed by atoms with Crippen molar-refractivity contribution >= 4 is 11.9 Å². The van der Waals surface area contributed by atoms with Gasteiger partial charge in [-0.05, 0) is 38.6 Å². The fourth-order valence-electron chi connectivity index (χ4n) is 3.16. The predicted octanol–water partition coefficient (Wildman–Crippen LogP) is 0.245. The number of piperidine rings is 1. The smallest absolute Gasteiger partial charge is 0.319 e. The highest BCUT2D eigenvalue weighted by Gasteiger charge is 2.43. The number of carbonyl (C=O) groups is 2. The third kappa shape index (κ3) is 3.95. The molecule has 0 aromatic carbocycles. The molecular weight excluding hydrogens is 272 g/mol. The molecule has 1 amide bonds. The second-order valence-electron chi connectivity index (χ2n) is 6.43. The van der Waals surface area contributed by atoms with Gasteiger partial charge < -0.3 is 14.7 Å². The molecule has 2 fully saturated rings. The Morgan fingerprint density at radius 3 is 2.76 bits per heavy atom. The summed E-state index contributed by atoms with van der Waals surface area (Å²) in [5, 5.41) is 10.7. The van der Waals surface area contributed by atoms with Crippen molar-refractivity contribution in [2.24, 2.45) is 5.92 Å². The zero-order chi connectivity index (χ0) is 15.5. The molecule has 120 valence electrons. The minimum absolute atomic E-state index is 0.0781. The molecule has 6 nitrogen and oxygen atoms in total. The molecule has 2 rings (SSSR count). The van der Waals surface area contributed by atoms with Crippen molar-refractivity contribution in [1.82, 2.24) is 9.80 Å². The SMILES string of the molecule is COC(=O)CN(C)C[C@@]1(O)CCCN(CC2CCC2)C1=O. The van der Waals surface area contributed by atoms with Gasteiger partial charge in [-0.15, -0.1) is 0 Å². The maximum Gasteiger partial charge on any atom is 0.319 e. The fourth-order valence-corrected chi connectivity index (χ4v) is 3.16. The molecule has 1 aliphatic carbocycles. The normalized spacial score (nSPS) is 26.9. The number of likely N-dealkylation sites (N-methyl/N-ethyl adjacent to an activating group) is 1. The maximum atomic E-state index is 12.5. The molecule has 1 atom stereocenters. The van der Waals surface area contributed by atoms with Crippen LogP contribution in [0.1, 0.15) is 32.1 Å². The van der Waals surface area contributed by atoms with Gasteiger partial charge >= 0.3 is 5.97 Å². The lowest BCUT2D eigenvalue weighted by Crippen LogP contribution is -2.59. The van der Waals surface area contributed by atoms with Gasteiger partial charge in [0.25, 0.3) is 5.91 Å². The van der Waals surface area contributed by atoms with E-state index in [4.69, 9.17) is 0 Å². The first-order chi connectivity index (χ1) is 9.94. The Bertz CT molecular complexity index is 397. The van der Waals surface area contributed by atoms with Crippen molar-refractivity contribution < 1.29 is 19.4 Å². The van der Waals surface area contributed by atoms with Crippen molar-refractivity contribution in [3.8, 4) is 0 Å². The van der Waals surface area contributed by atoms with E-state index in [1.807, 2.05) is 0 Å². The summed E-state index contributed by atoms with van der Waals surface area (Å²) in [6, 6.07) is 0. The third-order valence-corrected chi connectivity index (χ3v) is 4.57. The Balaban J connectivity index is 1.92. The Kier molecular flexibility index (Phi) is 5.22. The lowest BCUT2D eigenvalue weighted by atomic mass is 9.83.